The maximum Gasteiger partial charge on any atom is 0.0952 e. The minimum Gasteiger partial charge on any atom is -0.315 e. The second-order valence-corrected chi connectivity index (χ2v) is 7.47. The van der Waals surface area contributed by atoms with Crippen molar-refractivity contribution in [1.29, 1.82) is 0 Å². The topological polar surface area (TPSA) is 16.1 Å². The fourth-order valence-corrected chi connectivity index (χ4v) is 4.05. The number of aromatic nitrogens is 1. The van der Waals surface area contributed by atoms with E-state index in [1.807, 2.05) is 0 Å². The van der Waals surface area contributed by atoms with Crippen LogP contribution in [0.5, 0.6) is 0 Å². The van der Waals surface area contributed by atoms with Gasteiger partial charge in [-0.15, -0.1) is 0 Å². The summed E-state index contributed by atoms with van der Waals surface area (Å²) < 4.78 is 1.08. The lowest BCUT2D eigenvalue weighted by Crippen LogP contribution is -2.18. The Kier molecular flexibility index (Phi) is 3.75. The molecule has 0 aliphatic carbocycles. The fourth-order valence-electron chi connectivity index (χ4n) is 3.78. The summed E-state index contributed by atoms with van der Waals surface area (Å²) in [6.07, 6.45) is 12.9. The van der Waals surface area contributed by atoms with E-state index in [-0.39, 0.29) is 0 Å². The summed E-state index contributed by atoms with van der Waals surface area (Å²) in [5, 5.41) is 1.25. The highest BCUT2D eigenvalue weighted by Gasteiger charge is 2.24. The van der Waals surface area contributed by atoms with E-state index in [0.29, 0.717) is 0 Å². The van der Waals surface area contributed by atoms with Gasteiger partial charge in [-0.25, -0.2) is 4.98 Å². The highest BCUT2D eigenvalue weighted by atomic mass is 79.9. The number of aryl methyl sites for hydroxylation is 1. The first-order valence-corrected chi connectivity index (χ1v) is 9.62. The van der Waals surface area contributed by atoms with Crippen LogP contribution in [0.3, 0.4) is 0 Å². The number of pyridine rings is 1. The van der Waals surface area contributed by atoms with Crippen molar-refractivity contribution in [2.45, 2.75) is 12.8 Å². The number of fused-ring (bicyclic) bond motifs is 5. The van der Waals surface area contributed by atoms with Gasteiger partial charge in [-0.2, -0.15) is 0 Å². The van der Waals surface area contributed by atoms with E-state index in [4.69, 9.17) is 4.98 Å². The van der Waals surface area contributed by atoms with E-state index in [0.717, 1.165) is 34.1 Å². The first-order chi connectivity index (χ1) is 12.8. The van der Waals surface area contributed by atoms with Crippen LogP contribution in [0.2, 0.25) is 0 Å². The molecule has 0 atom stereocenters. The van der Waals surface area contributed by atoms with Gasteiger partial charge in [0.15, 0.2) is 0 Å². The van der Waals surface area contributed by atoms with Crippen LogP contribution in [0, 0.1) is 0 Å². The van der Waals surface area contributed by atoms with Gasteiger partial charge in [0.25, 0.3) is 0 Å². The molecular formula is C23H17BrN2. The van der Waals surface area contributed by atoms with Crippen molar-refractivity contribution in [1.82, 2.24) is 4.98 Å². The van der Waals surface area contributed by atoms with E-state index in [1.54, 1.807) is 0 Å². The summed E-state index contributed by atoms with van der Waals surface area (Å²) in [6.45, 7) is 0. The molecule has 3 heterocycles. The second-order valence-electron chi connectivity index (χ2n) is 6.55. The normalized spacial score (nSPS) is 15.4. The average molecular weight is 401 g/mol. The van der Waals surface area contributed by atoms with Crippen LogP contribution in [0.15, 0.2) is 89.2 Å². The summed E-state index contributed by atoms with van der Waals surface area (Å²) in [5.74, 6) is 0. The molecule has 1 aromatic heterocycles. The molecule has 26 heavy (non-hydrogen) atoms. The van der Waals surface area contributed by atoms with Gasteiger partial charge < -0.3 is 4.90 Å². The Labute approximate surface area is 161 Å². The van der Waals surface area contributed by atoms with Crippen molar-refractivity contribution in [3.8, 4) is 11.3 Å². The quantitative estimate of drug-likeness (QED) is 0.470. The zero-order valence-corrected chi connectivity index (χ0v) is 15.8. The number of allylic oxidation sites excluding steroid dienone is 4. The molecule has 0 saturated heterocycles. The van der Waals surface area contributed by atoms with Gasteiger partial charge in [-0.05, 0) is 48.8 Å². The predicted molar refractivity (Wildman–Crippen MR) is 112 cm³/mol. The molecular weight excluding hydrogens is 384 g/mol. The number of nitrogens with zero attached hydrogens (tertiary/aromatic N) is 2. The lowest BCUT2D eigenvalue weighted by molar-refractivity contribution is 1.02. The molecule has 0 bridgehead atoms. The summed E-state index contributed by atoms with van der Waals surface area (Å²) in [6, 6.07) is 16.9. The zero-order chi connectivity index (χ0) is 17.5. The number of hydrogen-bond donors (Lipinski definition) is 0. The van der Waals surface area contributed by atoms with E-state index in [9.17, 15) is 0 Å². The third-order valence-corrected chi connectivity index (χ3v) is 5.50. The Morgan fingerprint density at radius 1 is 0.962 bits per heavy atom. The molecule has 0 radical (unpaired) electrons. The van der Waals surface area contributed by atoms with Crippen LogP contribution in [0.25, 0.3) is 22.2 Å². The fraction of sp³-hybridized carbons (Fsp3) is 0.0870. The van der Waals surface area contributed by atoms with Crippen LogP contribution in [0.4, 0.5) is 5.69 Å². The molecule has 3 heteroatoms. The molecule has 0 spiro atoms. The van der Waals surface area contributed by atoms with E-state index in [1.165, 1.54) is 22.3 Å². The largest absolute Gasteiger partial charge is 0.315 e. The van der Waals surface area contributed by atoms with Gasteiger partial charge in [0.2, 0.25) is 0 Å². The van der Waals surface area contributed by atoms with Gasteiger partial charge in [0.05, 0.1) is 16.9 Å². The lowest BCUT2D eigenvalue weighted by Gasteiger charge is -2.27. The van der Waals surface area contributed by atoms with Crippen molar-refractivity contribution in [2.24, 2.45) is 0 Å². The van der Waals surface area contributed by atoms with E-state index < -0.39 is 0 Å². The Balaban J connectivity index is 1.86. The number of para-hydroxylation sites is 1. The number of anilines is 1. The van der Waals surface area contributed by atoms with Crippen LogP contribution in [0.1, 0.15) is 12.0 Å². The van der Waals surface area contributed by atoms with Crippen molar-refractivity contribution in [3.63, 3.8) is 0 Å². The van der Waals surface area contributed by atoms with Crippen LogP contribution >= 0.6 is 15.9 Å². The molecule has 3 aromatic rings. The lowest BCUT2D eigenvalue weighted by atomic mass is 9.98. The summed E-state index contributed by atoms with van der Waals surface area (Å²) >= 11 is 3.54. The smallest absolute Gasteiger partial charge is 0.0952 e. The maximum absolute atomic E-state index is 5.08. The van der Waals surface area contributed by atoms with E-state index >= 15 is 0 Å². The predicted octanol–water partition coefficient (Wildman–Crippen LogP) is 6.38. The van der Waals surface area contributed by atoms with Gasteiger partial charge in [-0.1, -0.05) is 58.4 Å². The third kappa shape index (κ3) is 2.51. The SMILES string of the molecule is Brc1ccc(-c2nc3ccccc3c3c2N2C=CC=CC2=CCC3)cc1. The van der Waals surface area contributed by atoms with Crippen molar-refractivity contribution < 1.29 is 0 Å². The number of halogens is 1. The number of benzene rings is 2. The summed E-state index contributed by atoms with van der Waals surface area (Å²) in [5.41, 5.74) is 7.04. The Hall–Kier alpha value is -2.65. The van der Waals surface area contributed by atoms with Crippen molar-refractivity contribution in [2.75, 3.05) is 4.90 Å². The molecule has 0 N–H and O–H groups in total. The van der Waals surface area contributed by atoms with Crippen molar-refractivity contribution in [3.05, 3.63) is 94.8 Å². The number of rotatable bonds is 1. The van der Waals surface area contributed by atoms with Gasteiger partial charge >= 0.3 is 0 Å². The highest BCUT2D eigenvalue weighted by Crippen LogP contribution is 2.42. The monoisotopic (exact) mass is 400 g/mol. The molecule has 126 valence electrons. The van der Waals surface area contributed by atoms with Crippen molar-refractivity contribution >= 4 is 32.5 Å². The van der Waals surface area contributed by atoms with Gasteiger partial charge in [-0.3, -0.25) is 0 Å². The second kappa shape index (κ2) is 6.26. The summed E-state index contributed by atoms with van der Waals surface area (Å²) in [4.78, 5) is 7.37. The molecule has 0 saturated carbocycles. The molecule has 2 aliphatic rings. The molecule has 0 fully saturated rings. The van der Waals surface area contributed by atoms with Gasteiger partial charge in [0, 0.05) is 27.3 Å². The Morgan fingerprint density at radius 2 is 1.81 bits per heavy atom. The molecule has 5 rings (SSSR count). The van der Waals surface area contributed by atoms with Gasteiger partial charge in [0.1, 0.15) is 0 Å². The average Bonchev–Trinajstić information content (AvgIpc) is 2.88. The third-order valence-electron chi connectivity index (χ3n) is 4.97. The van der Waals surface area contributed by atoms with Crippen LogP contribution < -0.4 is 4.90 Å². The highest BCUT2D eigenvalue weighted by molar-refractivity contribution is 9.10. The van der Waals surface area contributed by atoms with Crippen LogP contribution in [-0.4, -0.2) is 4.98 Å². The summed E-state index contributed by atoms with van der Waals surface area (Å²) in [7, 11) is 0. The van der Waals surface area contributed by atoms with Crippen LogP contribution in [-0.2, 0) is 6.42 Å². The van der Waals surface area contributed by atoms with E-state index in [2.05, 4.69) is 99.9 Å². The molecule has 2 nitrogen and oxygen atoms in total. The Morgan fingerprint density at radius 3 is 2.69 bits per heavy atom. The Bertz CT molecular complexity index is 1090. The molecule has 2 aromatic carbocycles. The minimum atomic E-state index is 1.02. The molecule has 0 unspecified atom stereocenters. The number of hydrogen-bond acceptors (Lipinski definition) is 2. The maximum atomic E-state index is 5.08. The molecule has 0 amide bonds. The standard InChI is InChI=1S/C23H17BrN2/c24-17-13-11-16(12-14-17)22-23-20(19-8-1-2-10-21(19)25-22)9-5-7-18-6-3-4-15-26(18)23/h1-4,6-8,10-15H,5,9H2. The minimum absolute atomic E-state index is 1.02. The molecule has 2 aliphatic heterocycles. The first kappa shape index (κ1) is 15.6. The first-order valence-electron chi connectivity index (χ1n) is 8.83. The zero-order valence-electron chi connectivity index (χ0n) is 14.2.